The molecule has 5 heteroatoms. The SMILES string of the molecule is CN(CCc1ccncc1)CC(=O)NCc1ccccn1. The van der Waals surface area contributed by atoms with Crippen molar-refractivity contribution in [1.29, 1.82) is 0 Å². The Hall–Kier alpha value is -2.27. The van der Waals surface area contributed by atoms with E-state index >= 15 is 0 Å². The van der Waals surface area contributed by atoms with Crippen LogP contribution in [0.5, 0.6) is 0 Å². The number of nitrogens with one attached hydrogen (secondary N) is 1. The predicted octanol–water partition coefficient (Wildman–Crippen LogP) is 1.27. The van der Waals surface area contributed by atoms with E-state index in [0.29, 0.717) is 13.1 Å². The van der Waals surface area contributed by atoms with Crippen LogP contribution < -0.4 is 5.32 Å². The molecule has 0 radical (unpaired) electrons. The minimum atomic E-state index is 0.0119. The second kappa shape index (κ2) is 8.11. The van der Waals surface area contributed by atoms with Gasteiger partial charge in [-0.3, -0.25) is 19.7 Å². The van der Waals surface area contributed by atoms with Crippen molar-refractivity contribution >= 4 is 5.91 Å². The van der Waals surface area contributed by atoms with Gasteiger partial charge in [-0.1, -0.05) is 6.07 Å². The highest BCUT2D eigenvalue weighted by molar-refractivity contribution is 5.77. The Morgan fingerprint density at radius 3 is 2.71 bits per heavy atom. The van der Waals surface area contributed by atoms with Crippen molar-refractivity contribution in [3.8, 4) is 0 Å². The average Bonchev–Trinajstić information content (AvgIpc) is 2.53. The second-order valence-corrected chi connectivity index (χ2v) is 4.94. The van der Waals surface area contributed by atoms with Gasteiger partial charge in [0.25, 0.3) is 0 Å². The Bertz CT molecular complexity index is 545. The molecule has 110 valence electrons. The quantitative estimate of drug-likeness (QED) is 0.832. The van der Waals surface area contributed by atoms with E-state index in [4.69, 9.17) is 0 Å². The zero-order chi connectivity index (χ0) is 14.9. The Kier molecular flexibility index (Phi) is 5.84. The van der Waals surface area contributed by atoms with E-state index in [1.807, 2.05) is 42.3 Å². The van der Waals surface area contributed by atoms with Crippen molar-refractivity contribution in [2.24, 2.45) is 0 Å². The van der Waals surface area contributed by atoms with Gasteiger partial charge in [0.2, 0.25) is 5.91 Å². The van der Waals surface area contributed by atoms with Crippen LogP contribution in [0, 0.1) is 0 Å². The summed E-state index contributed by atoms with van der Waals surface area (Å²) in [6, 6.07) is 9.66. The number of carbonyl (C=O) groups excluding carboxylic acids is 1. The number of amides is 1. The highest BCUT2D eigenvalue weighted by atomic mass is 16.2. The van der Waals surface area contributed by atoms with Crippen LogP contribution in [-0.4, -0.2) is 40.9 Å². The van der Waals surface area contributed by atoms with Crippen LogP contribution >= 0.6 is 0 Å². The maximum atomic E-state index is 11.8. The third kappa shape index (κ3) is 5.71. The monoisotopic (exact) mass is 284 g/mol. The first-order valence-electron chi connectivity index (χ1n) is 6.98. The fraction of sp³-hybridized carbons (Fsp3) is 0.312. The highest BCUT2D eigenvalue weighted by Crippen LogP contribution is 1.99. The lowest BCUT2D eigenvalue weighted by Crippen LogP contribution is -2.35. The van der Waals surface area contributed by atoms with E-state index in [1.165, 1.54) is 5.56 Å². The summed E-state index contributed by atoms with van der Waals surface area (Å²) in [6.45, 7) is 1.69. The first-order chi connectivity index (χ1) is 10.2. The molecule has 0 spiro atoms. The van der Waals surface area contributed by atoms with Crippen LogP contribution in [-0.2, 0) is 17.8 Å². The smallest absolute Gasteiger partial charge is 0.234 e. The summed E-state index contributed by atoms with van der Waals surface area (Å²) < 4.78 is 0. The first-order valence-corrected chi connectivity index (χ1v) is 6.98. The van der Waals surface area contributed by atoms with E-state index in [2.05, 4.69) is 15.3 Å². The number of nitrogens with zero attached hydrogens (tertiary/aromatic N) is 3. The number of carbonyl (C=O) groups is 1. The van der Waals surface area contributed by atoms with Gasteiger partial charge in [-0.2, -0.15) is 0 Å². The van der Waals surface area contributed by atoms with E-state index in [1.54, 1.807) is 18.6 Å². The van der Waals surface area contributed by atoms with Crippen molar-refractivity contribution in [2.75, 3.05) is 20.1 Å². The lowest BCUT2D eigenvalue weighted by molar-refractivity contribution is -0.122. The van der Waals surface area contributed by atoms with Gasteiger partial charge in [0, 0.05) is 25.1 Å². The summed E-state index contributed by atoms with van der Waals surface area (Å²) in [6.07, 6.45) is 6.21. The van der Waals surface area contributed by atoms with Gasteiger partial charge >= 0.3 is 0 Å². The van der Waals surface area contributed by atoms with Crippen LogP contribution in [0.2, 0.25) is 0 Å². The van der Waals surface area contributed by atoms with Gasteiger partial charge in [-0.25, -0.2) is 0 Å². The molecule has 2 rings (SSSR count). The molecule has 0 fully saturated rings. The molecule has 2 aromatic heterocycles. The molecule has 0 saturated heterocycles. The molecular formula is C16H20N4O. The van der Waals surface area contributed by atoms with Crippen LogP contribution in [0.25, 0.3) is 0 Å². The van der Waals surface area contributed by atoms with Crippen molar-refractivity contribution in [3.05, 3.63) is 60.2 Å². The van der Waals surface area contributed by atoms with E-state index in [-0.39, 0.29) is 5.91 Å². The standard InChI is InChI=1S/C16H20N4O/c1-20(11-7-14-5-9-17-10-6-14)13-16(21)19-12-15-4-2-3-8-18-15/h2-6,8-10H,7,11-13H2,1H3,(H,19,21). The molecule has 0 aliphatic heterocycles. The Balaban J connectivity index is 1.67. The Labute approximate surface area is 125 Å². The zero-order valence-corrected chi connectivity index (χ0v) is 12.2. The molecule has 0 saturated carbocycles. The number of hydrogen-bond donors (Lipinski definition) is 1. The first kappa shape index (κ1) is 15.1. The summed E-state index contributed by atoms with van der Waals surface area (Å²) >= 11 is 0. The molecule has 0 bridgehead atoms. The van der Waals surface area contributed by atoms with E-state index in [9.17, 15) is 4.79 Å². The predicted molar refractivity (Wildman–Crippen MR) is 81.5 cm³/mol. The normalized spacial score (nSPS) is 10.6. The van der Waals surface area contributed by atoms with E-state index in [0.717, 1.165) is 18.7 Å². The number of likely N-dealkylation sites (N-methyl/N-ethyl adjacent to an activating group) is 1. The van der Waals surface area contributed by atoms with Gasteiger partial charge < -0.3 is 5.32 Å². The molecular weight excluding hydrogens is 264 g/mol. The van der Waals surface area contributed by atoms with Gasteiger partial charge in [0.05, 0.1) is 18.8 Å². The third-order valence-corrected chi connectivity index (χ3v) is 3.14. The number of aromatic nitrogens is 2. The molecule has 0 atom stereocenters. The maximum Gasteiger partial charge on any atom is 0.234 e. The summed E-state index contributed by atoms with van der Waals surface area (Å²) in [5.74, 6) is 0.0119. The summed E-state index contributed by atoms with van der Waals surface area (Å²) in [5, 5.41) is 2.87. The maximum absolute atomic E-state index is 11.8. The van der Waals surface area contributed by atoms with Gasteiger partial charge in [-0.05, 0) is 43.3 Å². The molecule has 0 aliphatic carbocycles. The van der Waals surface area contributed by atoms with Crippen molar-refractivity contribution < 1.29 is 4.79 Å². The average molecular weight is 284 g/mol. The van der Waals surface area contributed by atoms with Crippen LogP contribution in [0.3, 0.4) is 0 Å². The molecule has 21 heavy (non-hydrogen) atoms. The molecule has 0 aliphatic rings. The third-order valence-electron chi connectivity index (χ3n) is 3.14. The van der Waals surface area contributed by atoms with Crippen LogP contribution in [0.15, 0.2) is 48.9 Å². The van der Waals surface area contributed by atoms with Gasteiger partial charge in [0.15, 0.2) is 0 Å². The van der Waals surface area contributed by atoms with Gasteiger partial charge in [-0.15, -0.1) is 0 Å². The minimum Gasteiger partial charge on any atom is -0.349 e. The fourth-order valence-electron chi connectivity index (χ4n) is 1.94. The molecule has 1 amide bonds. The summed E-state index contributed by atoms with van der Waals surface area (Å²) in [4.78, 5) is 22.0. The summed E-state index contributed by atoms with van der Waals surface area (Å²) in [5.41, 5.74) is 2.09. The Morgan fingerprint density at radius 1 is 1.19 bits per heavy atom. The largest absolute Gasteiger partial charge is 0.349 e. The molecule has 1 N–H and O–H groups in total. The lowest BCUT2D eigenvalue weighted by Gasteiger charge is -2.16. The highest BCUT2D eigenvalue weighted by Gasteiger charge is 2.06. The second-order valence-electron chi connectivity index (χ2n) is 4.94. The number of hydrogen-bond acceptors (Lipinski definition) is 4. The van der Waals surface area contributed by atoms with Crippen molar-refractivity contribution in [2.45, 2.75) is 13.0 Å². The molecule has 0 unspecified atom stereocenters. The molecule has 2 aromatic rings. The number of pyridine rings is 2. The molecule has 5 nitrogen and oxygen atoms in total. The van der Waals surface area contributed by atoms with E-state index < -0.39 is 0 Å². The van der Waals surface area contributed by atoms with Crippen molar-refractivity contribution in [3.63, 3.8) is 0 Å². The van der Waals surface area contributed by atoms with Gasteiger partial charge in [0.1, 0.15) is 0 Å². The molecule has 0 aromatic carbocycles. The Morgan fingerprint density at radius 2 is 2.00 bits per heavy atom. The lowest BCUT2D eigenvalue weighted by atomic mass is 10.2. The van der Waals surface area contributed by atoms with Crippen LogP contribution in [0.1, 0.15) is 11.3 Å². The number of rotatable bonds is 7. The fourth-order valence-corrected chi connectivity index (χ4v) is 1.94. The zero-order valence-electron chi connectivity index (χ0n) is 12.2. The minimum absolute atomic E-state index is 0.0119. The topological polar surface area (TPSA) is 58.1 Å². The molecule has 2 heterocycles. The summed E-state index contributed by atoms with van der Waals surface area (Å²) in [7, 11) is 1.95. The van der Waals surface area contributed by atoms with Crippen LogP contribution in [0.4, 0.5) is 0 Å². The van der Waals surface area contributed by atoms with Crippen molar-refractivity contribution in [1.82, 2.24) is 20.2 Å².